The largest absolute Gasteiger partial charge is 0.0845 e. The van der Waals surface area contributed by atoms with E-state index in [1.807, 2.05) is 6.08 Å². The first kappa shape index (κ1) is 9.05. The summed E-state index contributed by atoms with van der Waals surface area (Å²) in [6.07, 6.45) is 22.5. The highest BCUT2D eigenvalue weighted by molar-refractivity contribution is 5.06. The van der Waals surface area contributed by atoms with Crippen LogP contribution in [0.3, 0.4) is 0 Å². The van der Waals surface area contributed by atoms with Crippen LogP contribution < -0.4 is 0 Å². The summed E-state index contributed by atoms with van der Waals surface area (Å²) in [7, 11) is 0. The molecule has 1 aliphatic carbocycles. The minimum Gasteiger partial charge on any atom is -0.0845 e. The Morgan fingerprint density at radius 2 is 1.83 bits per heavy atom. The van der Waals surface area contributed by atoms with Crippen molar-refractivity contribution in [3.8, 4) is 0 Å². The summed E-state index contributed by atoms with van der Waals surface area (Å²) in [5.74, 6) is 0. The molecule has 0 unspecified atom stereocenters. The molecule has 1 radical (unpaired) electrons. The number of hydrogen-bond acceptors (Lipinski definition) is 0. The fraction of sp³-hybridized carbons (Fsp3) is 0.333. The van der Waals surface area contributed by atoms with E-state index >= 15 is 0 Å². The Balaban J connectivity index is 2.42. The highest BCUT2D eigenvalue weighted by Gasteiger charge is 1.80. The average molecular weight is 159 g/mol. The predicted molar refractivity (Wildman–Crippen MR) is 53.7 cm³/mol. The molecule has 0 aromatic rings. The molecule has 0 aromatic heterocycles. The SMILES string of the molecule is [C]1=C/CCC/C=C/C=C\C\C=C/1. The second kappa shape index (κ2) is 6.66. The zero-order valence-corrected chi connectivity index (χ0v) is 7.37. The van der Waals surface area contributed by atoms with Gasteiger partial charge in [0, 0.05) is 0 Å². The lowest BCUT2D eigenvalue weighted by molar-refractivity contribution is 0.866. The van der Waals surface area contributed by atoms with Crippen molar-refractivity contribution >= 4 is 0 Å². The molecule has 0 N–H and O–H groups in total. The van der Waals surface area contributed by atoms with Crippen LogP contribution in [0.1, 0.15) is 25.7 Å². The first-order valence-corrected chi connectivity index (χ1v) is 4.54. The van der Waals surface area contributed by atoms with Gasteiger partial charge < -0.3 is 0 Å². The van der Waals surface area contributed by atoms with Crippen LogP contribution in [-0.2, 0) is 0 Å². The van der Waals surface area contributed by atoms with Crippen LogP contribution in [0.5, 0.6) is 0 Å². The van der Waals surface area contributed by atoms with Crippen molar-refractivity contribution < 1.29 is 0 Å². The molecule has 0 amide bonds. The fourth-order valence-electron chi connectivity index (χ4n) is 1.04. The van der Waals surface area contributed by atoms with Gasteiger partial charge >= 0.3 is 0 Å². The van der Waals surface area contributed by atoms with Crippen LogP contribution in [0.4, 0.5) is 0 Å². The normalized spacial score (nSPS) is 29.3. The molecule has 0 aliphatic heterocycles. The Hall–Kier alpha value is -1.04. The van der Waals surface area contributed by atoms with E-state index in [2.05, 4.69) is 42.5 Å². The molecule has 0 nitrogen and oxygen atoms in total. The van der Waals surface area contributed by atoms with Crippen LogP contribution in [0.15, 0.2) is 42.5 Å². The minimum atomic E-state index is 1.01. The second-order valence-corrected chi connectivity index (χ2v) is 2.80. The van der Waals surface area contributed by atoms with Crippen molar-refractivity contribution in [1.29, 1.82) is 0 Å². The fourth-order valence-corrected chi connectivity index (χ4v) is 1.04. The lowest BCUT2D eigenvalue weighted by Gasteiger charge is -1.89. The maximum Gasteiger partial charge on any atom is -0.0163 e. The van der Waals surface area contributed by atoms with Crippen molar-refractivity contribution in [2.45, 2.75) is 25.7 Å². The molecule has 0 spiro atoms. The van der Waals surface area contributed by atoms with Crippen LogP contribution in [0.25, 0.3) is 0 Å². The maximum atomic E-state index is 3.14. The average Bonchev–Trinajstić information content (AvgIpc) is 2.05. The van der Waals surface area contributed by atoms with Gasteiger partial charge in [0.1, 0.15) is 0 Å². The molecule has 63 valence electrons. The molecule has 0 atom stereocenters. The third-order valence-corrected chi connectivity index (χ3v) is 1.71. The number of allylic oxidation sites excluding steroid dienone is 8. The van der Waals surface area contributed by atoms with Crippen molar-refractivity contribution in [1.82, 2.24) is 0 Å². The van der Waals surface area contributed by atoms with E-state index in [1.54, 1.807) is 0 Å². The quantitative estimate of drug-likeness (QED) is 0.506. The lowest BCUT2D eigenvalue weighted by atomic mass is 10.2. The van der Waals surface area contributed by atoms with Gasteiger partial charge in [-0.25, -0.2) is 0 Å². The molecule has 0 heterocycles. The van der Waals surface area contributed by atoms with Gasteiger partial charge in [-0.2, -0.15) is 0 Å². The number of hydrogen-bond donors (Lipinski definition) is 0. The zero-order valence-electron chi connectivity index (χ0n) is 7.37. The van der Waals surface area contributed by atoms with E-state index in [4.69, 9.17) is 0 Å². The molecular formula is C12H15. The Bertz CT molecular complexity index is 182. The summed E-state index contributed by atoms with van der Waals surface area (Å²) in [5.41, 5.74) is 0. The lowest BCUT2D eigenvalue weighted by Crippen LogP contribution is -1.69. The van der Waals surface area contributed by atoms with Crippen LogP contribution >= 0.6 is 0 Å². The smallest absolute Gasteiger partial charge is 0.0163 e. The van der Waals surface area contributed by atoms with Gasteiger partial charge in [-0.1, -0.05) is 42.5 Å². The number of rotatable bonds is 0. The van der Waals surface area contributed by atoms with Crippen LogP contribution in [0, 0.1) is 6.08 Å². The Morgan fingerprint density at radius 1 is 0.917 bits per heavy atom. The first-order valence-electron chi connectivity index (χ1n) is 4.54. The molecule has 1 rings (SSSR count). The molecule has 0 aromatic carbocycles. The van der Waals surface area contributed by atoms with Gasteiger partial charge in [0.15, 0.2) is 0 Å². The topological polar surface area (TPSA) is 0 Å². The van der Waals surface area contributed by atoms with Crippen molar-refractivity contribution in [3.05, 3.63) is 48.6 Å². The van der Waals surface area contributed by atoms with Crippen molar-refractivity contribution in [2.24, 2.45) is 0 Å². The summed E-state index contributed by atoms with van der Waals surface area (Å²) < 4.78 is 0. The van der Waals surface area contributed by atoms with Crippen molar-refractivity contribution in [3.63, 3.8) is 0 Å². The second-order valence-electron chi connectivity index (χ2n) is 2.80. The Labute approximate surface area is 75.0 Å². The van der Waals surface area contributed by atoms with Gasteiger partial charge in [-0.15, -0.1) is 0 Å². The molecule has 0 saturated heterocycles. The van der Waals surface area contributed by atoms with E-state index in [1.165, 1.54) is 12.8 Å². The Morgan fingerprint density at radius 3 is 2.83 bits per heavy atom. The zero-order chi connectivity index (χ0) is 8.49. The molecule has 0 fully saturated rings. The summed E-state index contributed by atoms with van der Waals surface area (Å²) in [5, 5.41) is 0. The predicted octanol–water partition coefficient (Wildman–Crippen LogP) is 3.59. The highest BCUT2D eigenvalue weighted by Crippen LogP contribution is 1.99. The van der Waals surface area contributed by atoms with Crippen molar-refractivity contribution in [2.75, 3.05) is 0 Å². The third-order valence-electron chi connectivity index (χ3n) is 1.71. The third kappa shape index (κ3) is 4.73. The van der Waals surface area contributed by atoms with Gasteiger partial charge in [0.2, 0.25) is 0 Å². The monoisotopic (exact) mass is 159 g/mol. The molecule has 0 bridgehead atoms. The highest BCUT2D eigenvalue weighted by atomic mass is 13.9. The molecule has 0 saturated carbocycles. The first-order chi connectivity index (χ1) is 6.00. The molecule has 0 heteroatoms. The molecular weight excluding hydrogens is 144 g/mol. The van der Waals surface area contributed by atoms with Gasteiger partial charge in [0.05, 0.1) is 0 Å². The van der Waals surface area contributed by atoms with Crippen LogP contribution in [-0.4, -0.2) is 0 Å². The van der Waals surface area contributed by atoms with E-state index in [0.717, 1.165) is 12.8 Å². The summed E-state index contributed by atoms with van der Waals surface area (Å²) in [6.45, 7) is 0. The van der Waals surface area contributed by atoms with E-state index in [0.29, 0.717) is 0 Å². The van der Waals surface area contributed by atoms with Gasteiger partial charge in [-0.3, -0.25) is 0 Å². The van der Waals surface area contributed by atoms with E-state index in [-0.39, 0.29) is 0 Å². The minimum absolute atomic E-state index is 1.01. The maximum absolute atomic E-state index is 3.14. The summed E-state index contributed by atoms with van der Waals surface area (Å²) in [4.78, 5) is 0. The van der Waals surface area contributed by atoms with E-state index < -0.39 is 0 Å². The summed E-state index contributed by atoms with van der Waals surface area (Å²) in [6, 6.07) is 0. The van der Waals surface area contributed by atoms with Crippen LogP contribution in [0.2, 0.25) is 0 Å². The van der Waals surface area contributed by atoms with E-state index in [9.17, 15) is 0 Å². The Kier molecular flexibility index (Phi) is 5.02. The molecule has 12 heavy (non-hydrogen) atoms. The standard InChI is InChI=1S/C12H15/c1-2-4-6-8-10-12-11-9-7-5-3-1/h1-4,7,9,12H,5-6,8,10H2/b3-1-,4-2+,9-7-,12-11?. The molecule has 1 aliphatic rings. The van der Waals surface area contributed by atoms with Gasteiger partial charge in [0.25, 0.3) is 0 Å². The van der Waals surface area contributed by atoms with Gasteiger partial charge in [-0.05, 0) is 31.8 Å². The summed E-state index contributed by atoms with van der Waals surface area (Å²) >= 11 is 0.